The fourth-order valence-corrected chi connectivity index (χ4v) is 10.2. The number of H-pyrrole nitrogens is 1. The molecule has 10 heteroatoms. The van der Waals surface area contributed by atoms with E-state index < -0.39 is 17.8 Å². The lowest BCUT2D eigenvalue weighted by Crippen LogP contribution is -2.42. The Balaban J connectivity index is 1.26. The number of anilines is 1. The molecule has 2 N–H and O–H groups in total. The van der Waals surface area contributed by atoms with Crippen molar-refractivity contribution in [2.24, 2.45) is 29.6 Å². The largest absolute Gasteiger partial charge is 0.508 e. The van der Waals surface area contributed by atoms with Crippen LogP contribution in [0.25, 0.3) is 0 Å². The van der Waals surface area contributed by atoms with E-state index in [1.807, 2.05) is 12.1 Å². The Morgan fingerprint density at radius 2 is 1.76 bits per heavy atom. The van der Waals surface area contributed by atoms with Crippen LogP contribution in [0.4, 0.5) is 5.69 Å². The predicted octanol–water partition coefficient (Wildman–Crippen LogP) is 4.00. The van der Waals surface area contributed by atoms with Gasteiger partial charge in [0.05, 0.1) is 34.7 Å². The van der Waals surface area contributed by atoms with Crippen LogP contribution in [0.3, 0.4) is 0 Å². The Labute approximate surface area is 226 Å². The normalized spacial score (nSPS) is 30.8. The summed E-state index contributed by atoms with van der Waals surface area (Å²) in [5, 5.41) is 11.7. The van der Waals surface area contributed by atoms with Gasteiger partial charge in [-0.05, 0) is 61.4 Å². The second kappa shape index (κ2) is 8.57. The summed E-state index contributed by atoms with van der Waals surface area (Å²) < 4.78 is 5.04. The molecule has 0 radical (unpaired) electrons. The molecule has 2 aromatic carbocycles. The van der Waals surface area contributed by atoms with E-state index in [1.165, 1.54) is 16.2 Å². The van der Waals surface area contributed by atoms with Gasteiger partial charge in [0, 0.05) is 21.6 Å². The lowest BCUT2D eigenvalue weighted by molar-refractivity contribution is -0.123. The van der Waals surface area contributed by atoms with Crippen LogP contribution in [-0.4, -0.2) is 39.7 Å². The standard InChI is InChI=1S/C28H24N2O6S2/c1-2-36-27(34)12-7-9-13(10-8-12)30-25(32)20-15-11-16(21(20)26(30)33)22-19(15)18(14-5-3-4-6-17(14)31)23-24(37-22)29-28(35)38-23/h3-10,15-16,18-22,31H,2,11H2,1H3,(H,29,35)/t15-,16-,18-,19-,20+,21-,22+/m1/s1. The van der Waals surface area contributed by atoms with Crippen molar-refractivity contribution in [1.82, 2.24) is 4.98 Å². The molecule has 2 aliphatic carbocycles. The first-order valence-corrected chi connectivity index (χ1v) is 14.4. The first kappa shape index (κ1) is 23.7. The van der Waals surface area contributed by atoms with Crippen LogP contribution >= 0.6 is 23.1 Å². The number of thiazole rings is 1. The minimum atomic E-state index is -0.449. The fraction of sp³-hybridized carbons (Fsp3) is 0.357. The van der Waals surface area contributed by atoms with Gasteiger partial charge in [-0.25, -0.2) is 4.79 Å². The number of aromatic amines is 1. The van der Waals surface area contributed by atoms with E-state index in [-0.39, 0.29) is 58.0 Å². The summed E-state index contributed by atoms with van der Waals surface area (Å²) in [5.41, 5.74) is 1.58. The van der Waals surface area contributed by atoms with E-state index in [1.54, 1.807) is 55.1 Å². The van der Waals surface area contributed by atoms with Gasteiger partial charge < -0.3 is 14.8 Å². The minimum absolute atomic E-state index is 0.00911. The molecule has 2 aliphatic heterocycles. The highest BCUT2D eigenvalue weighted by molar-refractivity contribution is 8.00. The zero-order chi connectivity index (χ0) is 26.3. The number of nitrogens with zero attached hydrogens (tertiary/aromatic N) is 1. The van der Waals surface area contributed by atoms with E-state index in [4.69, 9.17) is 4.74 Å². The van der Waals surface area contributed by atoms with Gasteiger partial charge in [-0.3, -0.25) is 19.3 Å². The molecule has 1 aromatic heterocycles. The van der Waals surface area contributed by atoms with Crippen LogP contribution in [0.5, 0.6) is 5.75 Å². The number of nitrogens with one attached hydrogen (secondary N) is 1. The maximum Gasteiger partial charge on any atom is 0.338 e. The molecule has 1 saturated heterocycles. The number of aromatic nitrogens is 1. The monoisotopic (exact) mass is 548 g/mol. The molecule has 194 valence electrons. The lowest BCUT2D eigenvalue weighted by Gasteiger charge is -2.43. The summed E-state index contributed by atoms with van der Waals surface area (Å²) >= 11 is 2.78. The van der Waals surface area contributed by atoms with Gasteiger partial charge in [0.25, 0.3) is 0 Å². The first-order chi connectivity index (χ1) is 18.4. The maximum atomic E-state index is 13.8. The molecular formula is C28H24N2O6S2. The van der Waals surface area contributed by atoms with Crippen molar-refractivity contribution >= 4 is 46.6 Å². The quantitative estimate of drug-likeness (QED) is 0.374. The van der Waals surface area contributed by atoms with Crippen LogP contribution in [0, 0.1) is 29.6 Å². The van der Waals surface area contributed by atoms with Crippen molar-refractivity contribution in [2.75, 3.05) is 11.5 Å². The molecule has 7 rings (SSSR count). The fourth-order valence-electron chi connectivity index (χ4n) is 7.33. The first-order valence-electron chi connectivity index (χ1n) is 12.7. The zero-order valence-corrected chi connectivity index (χ0v) is 22.0. The number of thioether (sulfide) groups is 1. The van der Waals surface area contributed by atoms with Crippen LogP contribution in [0.2, 0.25) is 0 Å². The van der Waals surface area contributed by atoms with E-state index in [2.05, 4.69) is 4.98 Å². The highest BCUT2D eigenvalue weighted by atomic mass is 32.2. The van der Waals surface area contributed by atoms with E-state index >= 15 is 0 Å². The number of esters is 1. The van der Waals surface area contributed by atoms with Crippen LogP contribution in [0.1, 0.15) is 40.1 Å². The van der Waals surface area contributed by atoms with Crippen LogP contribution in [0.15, 0.2) is 58.4 Å². The number of fused-ring (bicyclic) bond motifs is 9. The zero-order valence-electron chi connectivity index (χ0n) is 20.3. The molecule has 0 unspecified atom stereocenters. The molecule has 38 heavy (non-hydrogen) atoms. The van der Waals surface area contributed by atoms with Crippen molar-refractivity contribution in [2.45, 2.75) is 29.5 Å². The Morgan fingerprint density at radius 3 is 2.47 bits per heavy atom. The Kier molecular flexibility index (Phi) is 5.35. The predicted molar refractivity (Wildman–Crippen MR) is 141 cm³/mol. The van der Waals surface area contributed by atoms with Crippen molar-refractivity contribution in [1.29, 1.82) is 0 Å². The van der Waals surface area contributed by atoms with Crippen molar-refractivity contribution < 1.29 is 24.2 Å². The number of carbonyl (C=O) groups excluding carboxylic acids is 3. The van der Waals surface area contributed by atoms with Gasteiger partial charge in [-0.15, -0.1) is 11.8 Å². The SMILES string of the molecule is CCOC(=O)c1ccc(N2C(=O)[C@@H]3[C@H]4C[C@@H]([C@@H]3C2=O)[C@@H]2[C@@H](c3ccccc3O)c3sc(=O)[nH]c3S[C@@H]42)cc1. The number of aromatic hydroxyl groups is 1. The molecule has 3 fully saturated rings. The second-order valence-corrected chi connectivity index (χ2v) is 12.5. The highest BCUT2D eigenvalue weighted by Crippen LogP contribution is 2.69. The van der Waals surface area contributed by atoms with Crippen molar-refractivity contribution in [3.05, 3.63) is 74.2 Å². The van der Waals surface area contributed by atoms with Crippen molar-refractivity contribution in [3.8, 4) is 5.75 Å². The topological polar surface area (TPSA) is 117 Å². The summed E-state index contributed by atoms with van der Waals surface area (Å²) in [6, 6.07) is 13.6. The summed E-state index contributed by atoms with van der Waals surface area (Å²) in [5.74, 6) is -1.79. The number of phenolic OH excluding ortho intramolecular Hbond substituents is 1. The number of hydrogen-bond donors (Lipinski definition) is 2. The molecule has 0 spiro atoms. The van der Waals surface area contributed by atoms with Gasteiger partial charge in [0.1, 0.15) is 5.75 Å². The van der Waals surface area contributed by atoms with E-state index in [9.17, 15) is 24.3 Å². The number of carbonyl (C=O) groups is 3. The molecule has 3 heterocycles. The molecule has 4 aliphatic rings. The van der Waals surface area contributed by atoms with Crippen LogP contribution < -0.4 is 9.77 Å². The van der Waals surface area contributed by atoms with Gasteiger partial charge in [-0.1, -0.05) is 29.5 Å². The number of hydrogen-bond acceptors (Lipinski definition) is 8. The second-order valence-electron chi connectivity index (χ2n) is 10.3. The Bertz CT molecular complexity index is 1550. The summed E-state index contributed by atoms with van der Waals surface area (Å²) in [7, 11) is 0. The molecule has 8 nitrogen and oxygen atoms in total. The molecular weight excluding hydrogens is 524 g/mol. The third-order valence-corrected chi connectivity index (χ3v) is 11.2. The van der Waals surface area contributed by atoms with E-state index in [0.717, 1.165) is 21.9 Å². The van der Waals surface area contributed by atoms with Crippen LogP contribution in [-0.2, 0) is 14.3 Å². The minimum Gasteiger partial charge on any atom is -0.508 e. The smallest absolute Gasteiger partial charge is 0.338 e. The average Bonchev–Trinajstić information content (AvgIpc) is 3.64. The molecule has 2 bridgehead atoms. The third kappa shape index (κ3) is 3.22. The third-order valence-electron chi connectivity index (χ3n) is 8.63. The number of rotatable bonds is 4. The number of benzene rings is 2. The molecule has 2 saturated carbocycles. The molecule has 3 aromatic rings. The summed E-state index contributed by atoms with van der Waals surface area (Å²) in [6.07, 6.45) is 0.772. The van der Waals surface area contributed by atoms with Gasteiger partial charge in [0.15, 0.2) is 0 Å². The number of ether oxygens (including phenoxy) is 1. The van der Waals surface area contributed by atoms with E-state index in [0.29, 0.717) is 11.3 Å². The Hall–Kier alpha value is -3.37. The summed E-state index contributed by atoms with van der Waals surface area (Å²) in [4.78, 5) is 57.0. The number of para-hydroxylation sites is 1. The van der Waals surface area contributed by atoms with Gasteiger partial charge >= 0.3 is 10.8 Å². The number of phenols is 1. The lowest BCUT2D eigenvalue weighted by atomic mass is 9.68. The van der Waals surface area contributed by atoms with Gasteiger partial charge in [0.2, 0.25) is 11.8 Å². The Morgan fingerprint density at radius 1 is 1.05 bits per heavy atom. The van der Waals surface area contributed by atoms with Gasteiger partial charge in [-0.2, -0.15) is 0 Å². The molecule has 7 atom stereocenters. The number of imide groups is 1. The van der Waals surface area contributed by atoms with Crippen molar-refractivity contribution in [3.63, 3.8) is 0 Å². The average molecular weight is 549 g/mol. The maximum absolute atomic E-state index is 13.8. The number of amides is 2. The highest BCUT2D eigenvalue weighted by Gasteiger charge is 2.69. The molecule has 2 amide bonds. The summed E-state index contributed by atoms with van der Waals surface area (Å²) in [6.45, 7) is 2.00.